The van der Waals surface area contributed by atoms with Gasteiger partial charge in [0.25, 0.3) is 0 Å². The van der Waals surface area contributed by atoms with Crippen LogP contribution in [0.2, 0.25) is 0 Å². The fourth-order valence-corrected chi connectivity index (χ4v) is 2.38. The Bertz CT molecular complexity index is 401. The molecule has 1 aromatic rings. The molecule has 0 saturated carbocycles. The van der Waals surface area contributed by atoms with Crippen LogP contribution in [0.15, 0.2) is 18.2 Å². The lowest BCUT2D eigenvalue weighted by atomic mass is 9.79. The molecule has 2 unspecified atom stereocenters. The van der Waals surface area contributed by atoms with Gasteiger partial charge < -0.3 is 15.2 Å². The third kappa shape index (κ3) is 1.65. The van der Waals surface area contributed by atoms with Gasteiger partial charge in [-0.25, -0.2) is 0 Å². The topological polar surface area (TPSA) is 41.5 Å². The minimum atomic E-state index is -0.381. The lowest BCUT2D eigenvalue weighted by molar-refractivity contribution is 0.0869. The Morgan fingerprint density at radius 1 is 1.38 bits per heavy atom. The van der Waals surface area contributed by atoms with E-state index in [-0.39, 0.29) is 17.6 Å². The first kappa shape index (κ1) is 11.3. The van der Waals surface area contributed by atoms with Crippen molar-refractivity contribution in [1.29, 1.82) is 0 Å². The van der Waals surface area contributed by atoms with Crippen LogP contribution >= 0.6 is 0 Å². The molecule has 0 radical (unpaired) electrons. The van der Waals surface area contributed by atoms with Crippen LogP contribution in [0.25, 0.3) is 0 Å². The molecule has 0 fully saturated rings. The molecule has 16 heavy (non-hydrogen) atoms. The standard InChI is InChI=1S/C13H19NO2/c1-8-10-6-5-9(16-4)7-11(10)14-13(2,3)12(8)15/h5-8,12,14-15H,1-4H3. The normalized spacial score (nSPS) is 26.8. The second kappa shape index (κ2) is 3.67. The van der Waals surface area contributed by atoms with Crippen molar-refractivity contribution < 1.29 is 9.84 Å². The average Bonchev–Trinajstić information content (AvgIpc) is 2.25. The van der Waals surface area contributed by atoms with E-state index in [4.69, 9.17) is 4.74 Å². The van der Waals surface area contributed by atoms with Crippen molar-refractivity contribution in [1.82, 2.24) is 0 Å². The molecule has 1 aromatic carbocycles. The van der Waals surface area contributed by atoms with Crippen LogP contribution in [0.3, 0.4) is 0 Å². The van der Waals surface area contributed by atoms with E-state index in [1.54, 1.807) is 7.11 Å². The van der Waals surface area contributed by atoms with E-state index < -0.39 is 0 Å². The van der Waals surface area contributed by atoms with Crippen molar-refractivity contribution in [3.05, 3.63) is 23.8 Å². The largest absolute Gasteiger partial charge is 0.497 e. The van der Waals surface area contributed by atoms with Gasteiger partial charge in [0, 0.05) is 17.7 Å². The number of nitrogens with one attached hydrogen (secondary N) is 1. The van der Waals surface area contributed by atoms with Gasteiger partial charge in [0.2, 0.25) is 0 Å². The molecule has 0 bridgehead atoms. The number of rotatable bonds is 1. The second-order valence-electron chi connectivity index (χ2n) is 5.03. The predicted molar refractivity (Wildman–Crippen MR) is 65.1 cm³/mol. The summed E-state index contributed by atoms with van der Waals surface area (Å²) in [6, 6.07) is 5.94. The summed E-state index contributed by atoms with van der Waals surface area (Å²) in [6.07, 6.45) is -0.381. The third-order valence-corrected chi connectivity index (χ3v) is 3.42. The van der Waals surface area contributed by atoms with Crippen LogP contribution in [0.4, 0.5) is 5.69 Å². The van der Waals surface area contributed by atoms with Crippen LogP contribution in [0.5, 0.6) is 5.75 Å². The maximum Gasteiger partial charge on any atom is 0.120 e. The molecule has 2 N–H and O–H groups in total. The molecule has 2 rings (SSSR count). The second-order valence-corrected chi connectivity index (χ2v) is 5.03. The van der Waals surface area contributed by atoms with Crippen LogP contribution in [-0.4, -0.2) is 23.9 Å². The van der Waals surface area contributed by atoms with Gasteiger partial charge in [-0.05, 0) is 25.5 Å². The van der Waals surface area contributed by atoms with Gasteiger partial charge in [-0.3, -0.25) is 0 Å². The summed E-state index contributed by atoms with van der Waals surface area (Å²) in [4.78, 5) is 0. The average molecular weight is 221 g/mol. The zero-order valence-electron chi connectivity index (χ0n) is 10.2. The highest BCUT2D eigenvalue weighted by molar-refractivity contribution is 5.60. The molecule has 2 atom stereocenters. The molecule has 1 aliphatic heterocycles. The van der Waals surface area contributed by atoms with Crippen LogP contribution < -0.4 is 10.1 Å². The van der Waals surface area contributed by atoms with Gasteiger partial charge >= 0.3 is 0 Å². The number of fused-ring (bicyclic) bond motifs is 1. The van der Waals surface area contributed by atoms with Gasteiger partial charge in [0.05, 0.1) is 18.8 Å². The number of anilines is 1. The summed E-state index contributed by atoms with van der Waals surface area (Å²) in [5, 5.41) is 13.5. The van der Waals surface area contributed by atoms with Crippen molar-refractivity contribution in [2.24, 2.45) is 0 Å². The van der Waals surface area contributed by atoms with Crippen LogP contribution in [-0.2, 0) is 0 Å². The van der Waals surface area contributed by atoms with Crippen molar-refractivity contribution in [2.75, 3.05) is 12.4 Å². The number of hydrogen-bond donors (Lipinski definition) is 2. The van der Waals surface area contributed by atoms with E-state index in [9.17, 15) is 5.11 Å². The van der Waals surface area contributed by atoms with Crippen molar-refractivity contribution in [3.63, 3.8) is 0 Å². The zero-order chi connectivity index (χ0) is 11.9. The minimum absolute atomic E-state index is 0.136. The van der Waals surface area contributed by atoms with E-state index in [1.807, 2.05) is 32.0 Å². The van der Waals surface area contributed by atoms with E-state index in [0.717, 1.165) is 17.0 Å². The molecule has 88 valence electrons. The van der Waals surface area contributed by atoms with Crippen molar-refractivity contribution in [2.45, 2.75) is 38.3 Å². The first-order valence-corrected chi connectivity index (χ1v) is 5.60. The van der Waals surface area contributed by atoms with E-state index >= 15 is 0 Å². The SMILES string of the molecule is COc1ccc2c(c1)NC(C)(C)C(O)C2C. The van der Waals surface area contributed by atoms with E-state index in [1.165, 1.54) is 0 Å². The lowest BCUT2D eigenvalue weighted by Crippen LogP contribution is -2.49. The highest BCUT2D eigenvalue weighted by atomic mass is 16.5. The predicted octanol–water partition coefficient (Wildman–Crippen LogP) is 2.36. The molecule has 1 aliphatic rings. The van der Waals surface area contributed by atoms with Gasteiger partial charge in [0.1, 0.15) is 5.75 Å². The Labute approximate surface area is 96.4 Å². The first-order chi connectivity index (χ1) is 7.45. The number of ether oxygens (including phenoxy) is 1. The smallest absolute Gasteiger partial charge is 0.120 e. The molecule has 3 nitrogen and oxygen atoms in total. The molecular formula is C13H19NO2. The summed E-state index contributed by atoms with van der Waals surface area (Å²) in [5.74, 6) is 0.975. The quantitative estimate of drug-likeness (QED) is 0.765. The molecule has 0 saturated heterocycles. The first-order valence-electron chi connectivity index (χ1n) is 5.60. The van der Waals surface area contributed by atoms with Gasteiger partial charge in [-0.1, -0.05) is 13.0 Å². The molecule has 0 spiro atoms. The van der Waals surface area contributed by atoms with E-state index in [2.05, 4.69) is 12.2 Å². The Kier molecular flexibility index (Phi) is 2.58. The van der Waals surface area contributed by atoms with Crippen LogP contribution in [0.1, 0.15) is 32.3 Å². The Morgan fingerprint density at radius 3 is 2.69 bits per heavy atom. The summed E-state index contributed by atoms with van der Waals surface area (Å²) < 4.78 is 5.21. The highest BCUT2D eigenvalue weighted by Gasteiger charge is 2.38. The summed E-state index contributed by atoms with van der Waals surface area (Å²) in [5.41, 5.74) is 1.90. The molecule has 1 heterocycles. The lowest BCUT2D eigenvalue weighted by Gasteiger charge is -2.42. The number of benzene rings is 1. The summed E-state index contributed by atoms with van der Waals surface area (Å²) >= 11 is 0. The van der Waals surface area contributed by atoms with Gasteiger partial charge in [-0.2, -0.15) is 0 Å². The monoisotopic (exact) mass is 221 g/mol. The maximum atomic E-state index is 10.2. The van der Waals surface area contributed by atoms with E-state index in [0.29, 0.717) is 0 Å². The van der Waals surface area contributed by atoms with Gasteiger partial charge in [0.15, 0.2) is 0 Å². The molecule has 0 amide bonds. The number of methoxy groups -OCH3 is 1. The summed E-state index contributed by atoms with van der Waals surface area (Å²) in [6.45, 7) is 6.08. The number of aliphatic hydroxyl groups excluding tert-OH is 1. The fraction of sp³-hybridized carbons (Fsp3) is 0.538. The fourth-order valence-electron chi connectivity index (χ4n) is 2.38. The maximum absolute atomic E-state index is 10.2. The molecule has 0 aliphatic carbocycles. The Balaban J connectivity index is 2.46. The number of hydrogen-bond acceptors (Lipinski definition) is 3. The van der Waals surface area contributed by atoms with Crippen molar-refractivity contribution in [3.8, 4) is 5.75 Å². The van der Waals surface area contributed by atoms with Crippen molar-refractivity contribution >= 4 is 5.69 Å². The highest BCUT2D eigenvalue weighted by Crippen LogP contribution is 2.40. The molecular weight excluding hydrogens is 202 g/mol. The number of aliphatic hydroxyl groups is 1. The Hall–Kier alpha value is -1.22. The minimum Gasteiger partial charge on any atom is -0.497 e. The molecule has 3 heteroatoms. The summed E-state index contributed by atoms with van der Waals surface area (Å²) in [7, 11) is 1.66. The van der Waals surface area contributed by atoms with Crippen LogP contribution in [0, 0.1) is 0 Å². The van der Waals surface area contributed by atoms with Gasteiger partial charge in [-0.15, -0.1) is 0 Å². The third-order valence-electron chi connectivity index (χ3n) is 3.42. The molecule has 0 aromatic heterocycles. The zero-order valence-corrected chi connectivity index (χ0v) is 10.2. The Morgan fingerprint density at radius 2 is 2.06 bits per heavy atom.